The minimum absolute atomic E-state index is 0.214. The smallest absolute Gasteiger partial charge is 0.204 e. The van der Waals surface area contributed by atoms with Gasteiger partial charge in [-0.1, -0.05) is 0 Å². The largest absolute Gasteiger partial charge is 0.489 e. The first-order chi connectivity index (χ1) is 10.8. The molecule has 0 N–H and O–H groups in total. The van der Waals surface area contributed by atoms with Gasteiger partial charge in [0.1, 0.15) is 24.4 Å². The number of fused-ring (bicyclic) bond motifs is 2. The summed E-state index contributed by atoms with van der Waals surface area (Å²) in [6, 6.07) is 5.67. The third-order valence-electron chi connectivity index (χ3n) is 3.58. The number of likely N-dealkylation sites (N-methyl/N-ethyl adjacent to an activating group) is 1. The maximum absolute atomic E-state index is 11.1. The Balaban J connectivity index is 1.77. The number of aliphatic imine (C=N–C) groups is 1. The van der Waals surface area contributed by atoms with Crippen LogP contribution >= 0.6 is 0 Å². The van der Waals surface area contributed by atoms with Gasteiger partial charge in [-0.3, -0.25) is 4.79 Å². The average Bonchev–Trinajstić information content (AvgIpc) is 3.10. The highest BCUT2D eigenvalue weighted by molar-refractivity contribution is 6.66. The van der Waals surface area contributed by atoms with E-state index < -0.39 is 0 Å². The normalized spacial score (nSPS) is 17.8. The van der Waals surface area contributed by atoms with Gasteiger partial charge in [-0.15, -0.1) is 15.0 Å². The van der Waals surface area contributed by atoms with E-state index in [0.717, 1.165) is 18.0 Å². The van der Waals surface area contributed by atoms with Crippen LogP contribution in [0.4, 0.5) is 11.4 Å². The van der Waals surface area contributed by atoms with E-state index in [1.807, 2.05) is 25.2 Å². The third-order valence-corrected chi connectivity index (χ3v) is 3.58. The Morgan fingerprint density at radius 1 is 1.41 bits per heavy atom. The summed E-state index contributed by atoms with van der Waals surface area (Å²) in [6.07, 6.45) is 2.03. The van der Waals surface area contributed by atoms with Crippen LogP contribution in [-0.4, -0.2) is 52.8 Å². The van der Waals surface area contributed by atoms with Crippen LogP contribution < -0.4 is 9.64 Å². The van der Waals surface area contributed by atoms with Gasteiger partial charge in [0.05, 0.1) is 17.9 Å². The standard InChI is InChI=1S/C14H12N6O2/c1-19-4-5-22-12-6-9(2-3-11(12)19)17-13-10(7-21)18-20-14(13)15-8-16-20/h2-3,6-8H,4-5H2,1H3. The molecule has 110 valence electrons. The quantitative estimate of drug-likeness (QED) is 0.759. The minimum Gasteiger partial charge on any atom is -0.489 e. The number of carbonyl (C=O) groups excluding carboxylic acids is 1. The Kier molecular flexibility index (Phi) is 2.75. The molecule has 0 spiro atoms. The lowest BCUT2D eigenvalue weighted by Crippen LogP contribution is -2.28. The van der Waals surface area contributed by atoms with E-state index in [1.165, 1.54) is 11.1 Å². The zero-order valence-corrected chi connectivity index (χ0v) is 11.8. The average molecular weight is 296 g/mol. The fraction of sp³-hybridized carbons (Fsp3) is 0.214. The molecule has 3 heterocycles. The zero-order chi connectivity index (χ0) is 15.1. The number of benzene rings is 1. The van der Waals surface area contributed by atoms with Gasteiger partial charge in [0.15, 0.2) is 12.0 Å². The fourth-order valence-electron chi connectivity index (χ4n) is 2.46. The Bertz CT molecular complexity index is 822. The lowest BCUT2D eigenvalue weighted by atomic mass is 10.2. The van der Waals surface area contributed by atoms with E-state index >= 15 is 0 Å². The molecular weight excluding hydrogens is 284 g/mol. The van der Waals surface area contributed by atoms with Crippen LogP contribution in [-0.2, 0) is 4.79 Å². The van der Waals surface area contributed by atoms with Gasteiger partial charge in [-0.05, 0) is 12.1 Å². The summed E-state index contributed by atoms with van der Waals surface area (Å²) < 4.78 is 5.66. The number of nitrogens with zero attached hydrogens (tertiary/aromatic N) is 6. The fourth-order valence-corrected chi connectivity index (χ4v) is 2.46. The van der Waals surface area contributed by atoms with E-state index in [1.54, 1.807) is 0 Å². The number of ether oxygens (including phenoxy) is 1. The predicted molar refractivity (Wildman–Crippen MR) is 80.3 cm³/mol. The SMILES string of the molecule is CN1CCOc2cc(N=C3C(C=O)=Nn4ncnc43)ccc21. The molecular formula is C14H12N6O2. The highest BCUT2D eigenvalue weighted by Gasteiger charge is 2.25. The van der Waals surface area contributed by atoms with E-state index in [9.17, 15) is 4.79 Å². The van der Waals surface area contributed by atoms with Gasteiger partial charge in [0.2, 0.25) is 5.82 Å². The molecule has 0 radical (unpaired) electrons. The molecule has 8 heteroatoms. The van der Waals surface area contributed by atoms with E-state index in [4.69, 9.17) is 4.74 Å². The molecule has 4 rings (SSSR count). The number of aromatic nitrogens is 3. The van der Waals surface area contributed by atoms with Crippen LogP contribution in [0.1, 0.15) is 5.82 Å². The highest BCUT2D eigenvalue weighted by Crippen LogP contribution is 2.34. The van der Waals surface area contributed by atoms with Crippen LogP contribution in [0.3, 0.4) is 0 Å². The van der Waals surface area contributed by atoms with Gasteiger partial charge >= 0.3 is 0 Å². The lowest BCUT2D eigenvalue weighted by molar-refractivity contribution is -0.102. The van der Waals surface area contributed by atoms with Gasteiger partial charge in [-0.2, -0.15) is 0 Å². The van der Waals surface area contributed by atoms with Crippen molar-refractivity contribution >= 4 is 29.1 Å². The van der Waals surface area contributed by atoms with Crippen molar-refractivity contribution in [2.75, 3.05) is 25.1 Å². The van der Waals surface area contributed by atoms with Crippen LogP contribution in [0.15, 0.2) is 34.6 Å². The monoisotopic (exact) mass is 296 g/mol. The molecule has 0 saturated carbocycles. The molecule has 0 fully saturated rings. The second-order valence-electron chi connectivity index (χ2n) is 4.96. The van der Waals surface area contributed by atoms with Crippen LogP contribution in [0.5, 0.6) is 5.75 Å². The van der Waals surface area contributed by atoms with Crippen LogP contribution in [0.2, 0.25) is 0 Å². The molecule has 0 bridgehead atoms. The first kappa shape index (κ1) is 12.7. The van der Waals surface area contributed by atoms with Gasteiger partial charge in [0, 0.05) is 13.1 Å². The van der Waals surface area contributed by atoms with Crippen molar-refractivity contribution in [2.24, 2.45) is 10.1 Å². The summed E-state index contributed by atoms with van der Waals surface area (Å²) >= 11 is 0. The summed E-state index contributed by atoms with van der Waals surface area (Å²) in [5.41, 5.74) is 2.33. The summed E-state index contributed by atoms with van der Waals surface area (Å²) in [6.45, 7) is 1.49. The van der Waals surface area contributed by atoms with Crippen LogP contribution in [0, 0.1) is 0 Å². The molecule has 0 amide bonds. The van der Waals surface area contributed by atoms with Crippen LogP contribution in [0.25, 0.3) is 0 Å². The van der Waals surface area contributed by atoms with Gasteiger partial charge in [-0.25, -0.2) is 9.98 Å². The molecule has 0 unspecified atom stereocenters. The Morgan fingerprint density at radius 3 is 3.18 bits per heavy atom. The molecule has 1 aromatic heterocycles. The van der Waals surface area contributed by atoms with Crippen molar-refractivity contribution in [1.82, 2.24) is 14.9 Å². The van der Waals surface area contributed by atoms with Crippen molar-refractivity contribution in [3.05, 3.63) is 30.4 Å². The number of aldehydes is 1. The van der Waals surface area contributed by atoms with E-state index in [2.05, 4.69) is 25.1 Å². The molecule has 8 nitrogen and oxygen atoms in total. The summed E-state index contributed by atoms with van der Waals surface area (Å²) in [5, 5.41) is 7.94. The number of anilines is 1. The Morgan fingerprint density at radius 2 is 2.32 bits per heavy atom. The number of rotatable bonds is 2. The van der Waals surface area contributed by atoms with Crippen molar-refractivity contribution in [2.45, 2.75) is 0 Å². The summed E-state index contributed by atoms with van der Waals surface area (Å²) in [5.74, 6) is 1.23. The molecule has 2 aliphatic rings. The first-order valence-corrected chi connectivity index (χ1v) is 6.78. The Hall–Kier alpha value is -3.03. The van der Waals surface area contributed by atoms with Crippen molar-refractivity contribution in [3.8, 4) is 5.75 Å². The molecule has 0 atom stereocenters. The van der Waals surface area contributed by atoms with Crippen molar-refractivity contribution < 1.29 is 9.53 Å². The molecule has 0 aliphatic carbocycles. The highest BCUT2D eigenvalue weighted by atomic mass is 16.5. The second kappa shape index (κ2) is 4.76. The van der Waals surface area contributed by atoms with E-state index in [0.29, 0.717) is 30.1 Å². The topological polar surface area (TPSA) is 85.0 Å². The second-order valence-corrected chi connectivity index (χ2v) is 4.96. The minimum atomic E-state index is 0.214. The molecule has 2 aromatic rings. The third kappa shape index (κ3) is 1.88. The van der Waals surface area contributed by atoms with Crippen molar-refractivity contribution in [3.63, 3.8) is 0 Å². The maximum Gasteiger partial charge on any atom is 0.204 e. The molecule has 2 aliphatic heterocycles. The molecule has 22 heavy (non-hydrogen) atoms. The van der Waals surface area contributed by atoms with E-state index in [-0.39, 0.29) is 5.71 Å². The summed E-state index contributed by atoms with van der Waals surface area (Å²) in [4.78, 5) is 23.1. The molecule has 1 aromatic carbocycles. The summed E-state index contributed by atoms with van der Waals surface area (Å²) in [7, 11) is 2.02. The first-order valence-electron chi connectivity index (χ1n) is 6.78. The Labute approximate surface area is 125 Å². The van der Waals surface area contributed by atoms with Gasteiger partial charge in [0.25, 0.3) is 0 Å². The maximum atomic E-state index is 11.1. The predicted octanol–water partition coefficient (Wildman–Crippen LogP) is 0.644. The number of hydrogen-bond acceptors (Lipinski definition) is 7. The zero-order valence-electron chi connectivity index (χ0n) is 11.8. The molecule has 0 saturated heterocycles. The number of carbonyl (C=O) groups is 1. The number of hydrogen-bond donors (Lipinski definition) is 0. The van der Waals surface area contributed by atoms with Gasteiger partial charge < -0.3 is 9.64 Å². The van der Waals surface area contributed by atoms with Crippen molar-refractivity contribution in [1.29, 1.82) is 0 Å². The lowest BCUT2D eigenvalue weighted by Gasteiger charge is -2.27.